The molecule has 0 saturated heterocycles. The number of hydrogen-bond donors (Lipinski definition) is 0. The van der Waals surface area contributed by atoms with Gasteiger partial charge in [-0.3, -0.25) is 4.79 Å². The maximum absolute atomic E-state index is 13.8. The first-order valence-corrected chi connectivity index (χ1v) is 6.21. The number of carbonyl (C=O) groups is 1. The average Bonchev–Trinajstić information content (AvgIpc) is 2.72. The zero-order valence-electron chi connectivity index (χ0n) is 11.2. The van der Waals surface area contributed by atoms with Gasteiger partial charge in [0.05, 0.1) is 17.9 Å². The lowest BCUT2D eigenvalue weighted by molar-refractivity contribution is 0.111. The molecule has 6 heteroatoms. The van der Waals surface area contributed by atoms with Gasteiger partial charge in [0.15, 0.2) is 12.1 Å². The molecule has 0 amide bonds. The third-order valence-electron chi connectivity index (χ3n) is 2.76. The van der Waals surface area contributed by atoms with E-state index < -0.39 is 11.6 Å². The van der Waals surface area contributed by atoms with Gasteiger partial charge in [0.1, 0.15) is 11.5 Å². The zero-order chi connectivity index (χ0) is 14.7. The summed E-state index contributed by atoms with van der Waals surface area (Å²) < 4.78 is 33.5. The molecule has 0 spiro atoms. The van der Waals surface area contributed by atoms with Crippen molar-refractivity contribution in [3.8, 4) is 11.6 Å². The second-order valence-corrected chi connectivity index (χ2v) is 4.28. The fraction of sp³-hybridized carbons (Fsp3) is 0.286. The van der Waals surface area contributed by atoms with Crippen molar-refractivity contribution in [2.45, 2.75) is 20.3 Å². The summed E-state index contributed by atoms with van der Waals surface area (Å²) in [7, 11) is 0. The molecule has 0 N–H and O–H groups in total. The van der Waals surface area contributed by atoms with Crippen molar-refractivity contribution in [1.82, 2.24) is 9.78 Å². The van der Waals surface area contributed by atoms with E-state index in [1.807, 2.05) is 6.92 Å². The molecular formula is C14H14F2N2O2. The summed E-state index contributed by atoms with van der Waals surface area (Å²) >= 11 is 0. The number of halogens is 2. The highest BCUT2D eigenvalue weighted by Gasteiger charge is 2.19. The molecule has 0 radical (unpaired) electrons. The molecule has 0 atom stereocenters. The van der Waals surface area contributed by atoms with E-state index in [1.54, 1.807) is 6.92 Å². The summed E-state index contributed by atoms with van der Waals surface area (Å²) in [6.07, 6.45) is 1.35. The predicted octanol–water partition coefficient (Wildman–Crippen LogP) is 3.06. The summed E-state index contributed by atoms with van der Waals surface area (Å²) in [5, 5.41) is 4.09. The fourth-order valence-electron chi connectivity index (χ4n) is 1.81. The van der Waals surface area contributed by atoms with Crippen LogP contribution in [-0.2, 0) is 0 Å². The van der Waals surface area contributed by atoms with Gasteiger partial charge < -0.3 is 4.74 Å². The van der Waals surface area contributed by atoms with E-state index >= 15 is 0 Å². The summed E-state index contributed by atoms with van der Waals surface area (Å²) in [4.78, 5) is 11.1. The largest absolute Gasteiger partial charge is 0.477 e. The molecule has 20 heavy (non-hydrogen) atoms. The van der Waals surface area contributed by atoms with Gasteiger partial charge in [-0.1, -0.05) is 6.92 Å². The molecule has 0 bridgehead atoms. The third-order valence-corrected chi connectivity index (χ3v) is 2.76. The Morgan fingerprint density at radius 3 is 2.75 bits per heavy atom. The number of aldehydes is 1. The lowest BCUT2D eigenvalue weighted by Crippen LogP contribution is -2.06. The van der Waals surface area contributed by atoms with Crippen molar-refractivity contribution >= 4 is 6.29 Å². The molecule has 0 aliphatic heterocycles. The van der Waals surface area contributed by atoms with Gasteiger partial charge >= 0.3 is 0 Å². The van der Waals surface area contributed by atoms with Crippen LogP contribution in [0.25, 0.3) is 5.69 Å². The molecule has 4 nitrogen and oxygen atoms in total. The van der Waals surface area contributed by atoms with E-state index in [2.05, 4.69) is 5.10 Å². The first kappa shape index (κ1) is 14.2. The van der Waals surface area contributed by atoms with Crippen LogP contribution in [0.3, 0.4) is 0 Å². The van der Waals surface area contributed by atoms with Crippen molar-refractivity contribution in [2.24, 2.45) is 0 Å². The Labute approximate surface area is 115 Å². The van der Waals surface area contributed by atoms with Crippen LogP contribution in [0.5, 0.6) is 5.88 Å². The Morgan fingerprint density at radius 1 is 1.40 bits per heavy atom. The molecule has 106 valence electrons. The van der Waals surface area contributed by atoms with E-state index in [4.69, 9.17) is 4.74 Å². The van der Waals surface area contributed by atoms with Crippen LogP contribution in [0, 0.1) is 18.6 Å². The van der Waals surface area contributed by atoms with Gasteiger partial charge in [0, 0.05) is 6.07 Å². The standard InChI is InChI=1S/C14H14F2N2O2/c1-3-6-20-14-11(8-19)9(2)17-18(14)13-5-4-10(15)7-12(13)16/h4-5,7-8H,3,6H2,1-2H3. The molecule has 0 aliphatic rings. The number of benzene rings is 1. The Hall–Kier alpha value is -2.24. The van der Waals surface area contributed by atoms with Crippen LogP contribution >= 0.6 is 0 Å². The van der Waals surface area contributed by atoms with Gasteiger partial charge in [-0.05, 0) is 25.5 Å². The van der Waals surface area contributed by atoms with Crippen LogP contribution in [0.2, 0.25) is 0 Å². The topological polar surface area (TPSA) is 44.1 Å². The molecule has 0 fully saturated rings. The summed E-state index contributed by atoms with van der Waals surface area (Å²) in [5.41, 5.74) is 0.728. The second-order valence-electron chi connectivity index (χ2n) is 4.28. The molecular weight excluding hydrogens is 266 g/mol. The number of carbonyl (C=O) groups excluding carboxylic acids is 1. The highest BCUT2D eigenvalue weighted by molar-refractivity contribution is 5.80. The lowest BCUT2D eigenvalue weighted by atomic mass is 10.2. The van der Waals surface area contributed by atoms with Crippen LogP contribution < -0.4 is 4.74 Å². The van der Waals surface area contributed by atoms with Gasteiger partial charge in [-0.25, -0.2) is 8.78 Å². The molecule has 2 rings (SSSR count). The molecule has 0 aliphatic carbocycles. The minimum atomic E-state index is -0.772. The normalized spacial score (nSPS) is 10.6. The van der Waals surface area contributed by atoms with Crippen LogP contribution in [-0.4, -0.2) is 22.7 Å². The second kappa shape index (κ2) is 5.81. The first-order chi connectivity index (χ1) is 9.58. The number of rotatable bonds is 5. The van der Waals surface area contributed by atoms with E-state index in [0.29, 0.717) is 18.6 Å². The SMILES string of the molecule is CCCOc1c(C=O)c(C)nn1-c1ccc(F)cc1F. The molecule has 1 aromatic heterocycles. The number of ether oxygens (including phenoxy) is 1. The van der Waals surface area contributed by atoms with E-state index in [9.17, 15) is 13.6 Å². The van der Waals surface area contributed by atoms with E-state index in [1.165, 1.54) is 10.7 Å². The van der Waals surface area contributed by atoms with Crippen molar-refractivity contribution in [2.75, 3.05) is 6.61 Å². The highest BCUT2D eigenvalue weighted by Crippen LogP contribution is 2.26. The number of nitrogens with zero attached hydrogens (tertiary/aromatic N) is 2. The monoisotopic (exact) mass is 280 g/mol. The Balaban J connectivity index is 2.57. The van der Waals surface area contributed by atoms with Gasteiger partial charge in [-0.2, -0.15) is 9.78 Å². The zero-order valence-corrected chi connectivity index (χ0v) is 11.2. The van der Waals surface area contributed by atoms with Crippen LogP contribution in [0.1, 0.15) is 29.4 Å². The summed E-state index contributed by atoms with van der Waals surface area (Å²) in [6, 6.07) is 3.14. The van der Waals surface area contributed by atoms with E-state index in [-0.39, 0.29) is 17.1 Å². The van der Waals surface area contributed by atoms with Gasteiger partial charge in [0.25, 0.3) is 0 Å². The van der Waals surface area contributed by atoms with Crippen LogP contribution in [0.15, 0.2) is 18.2 Å². The number of hydrogen-bond acceptors (Lipinski definition) is 3. The molecule has 0 saturated carbocycles. The van der Waals surface area contributed by atoms with Crippen molar-refractivity contribution in [3.05, 3.63) is 41.1 Å². The van der Waals surface area contributed by atoms with Crippen molar-refractivity contribution < 1.29 is 18.3 Å². The average molecular weight is 280 g/mol. The van der Waals surface area contributed by atoms with Gasteiger partial charge in [0.2, 0.25) is 5.88 Å². The summed E-state index contributed by atoms with van der Waals surface area (Å²) in [5.74, 6) is -1.28. The maximum atomic E-state index is 13.8. The minimum Gasteiger partial charge on any atom is -0.477 e. The predicted molar refractivity (Wildman–Crippen MR) is 69.4 cm³/mol. The number of aryl methyl sites for hydroxylation is 1. The van der Waals surface area contributed by atoms with Crippen molar-refractivity contribution in [1.29, 1.82) is 0 Å². The third kappa shape index (κ3) is 2.54. The maximum Gasteiger partial charge on any atom is 0.227 e. The van der Waals surface area contributed by atoms with Crippen molar-refractivity contribution in [3.63, 3.8) is 0 Å². The molecule has 2 aromatic rings. The Morgan fingerprint density at radius 2 is 2.15 bits per heavy atom. The quantitative estimate of drug-likeness (QED) is 0.791. The Bertz CT molecular complexity index is 638. The van der Waals surface area contributed by atoms with Gasteiger partial charge in [-0.15, -0.1) is 0 Å². The highest BCUT2D eigenvalue weighted by atomic mass is 19.1. The number of aromatic nitrogens is 2. The van der Waals surface area contributed by atoms with Crippen LogP contribution in [0.4, 0.5) is 8.78 Å². The lowest BCUT2D eigenvalue weighted by Gasteiger charge is -2.10. The summed E-state index contributed by atoms with van der Waals surface area (Å²) in [6.45, 7) is 3.90. The Kier molecular flexibility index (Phi) is 4.12. The molecule has 1 heterocycles. The van der Waals surface area contributed by atoms with E-state index in [0.717, 1.165) is 18.6 Å². The molecule has 0 unspecified atom stereocenters. The smallest absolute Gasteiger partial charge is 0.227 e. The fourth-order valence-corrected chi connectivity index (χ4v) is 1.81. The first-order valence-electron chi connectivity index (χ1n) is 6.21. The molecule has 1 aromatic carbocycles. The minimum absolute atomic E-state index is 0.0358.